The first-order valence-electron chi connectivity index (χ1n) is 6.62. The van der Waals surface area contributed by atoms with Crippen molar-refractivity contribution in [3.8, 4) is 23.0 Å². The van der Waals surface area contributed by atoms with Crippen LogP contribution in [0.25, 0.3) is 11.5 Å². The van der Waals surface area contributed by atoms with Crippen molar-refractivity contribution in [2.45, 2.75) is 11.4 Å². The summed E-state index contributed by atoms with van der Waals surface area (Å²) in [7, 11) is 0. The van der Waals surface area contributed by atoms with Gasteiger partial charge in [-0.3, -0.25) is 0 Å². The third-order valence-electron chi connectivity index (χ3n) is 3.10. The van der Waals surface area contributed by atoms with Gasteiger partial charge in [0.15, 0.2) is 0 Å². The first-order chi connectivity index (χ1) is 10.3. The van der Waals surface area contributed by atoms with E-state index in [1.54, 1.807) is 0 Å². The molecule has 4 heteroatoms. The largest absolute Gasteiger partial charge is 0.457 e. The van der Waals surface area contributed by atoms with Gasteiger partial charge in [-0.25, -0.2) is 4.98 Å². The fourth-order valence-electron chi connectivity index (χ4n) is 1.97. The molecule has 0 aliphatic carbocycles. The smallest absolute Gasteiger partial charge is 0.226 e. The van der Waals surface area contributed by atoms with Crippen molar-refractivity contribution in [2.75, 3.05) is 0 Å². The van der Waals surface area contributed by atoms with Crippen LogP contribution in [0.2, 0.25) is 0 Å². The molecule has 3 rings (SSSR count). The Hall–Kier alpha value is -1.82. The number of ether oxygens (including phenoxy) is 1. The summed E-state index contributed by atoms with van der Waals surface area (Å²) in [6.07, 6.45) is 0. The van der Waals surface area contributed by atoms with Crippen molar-refractivity contribution in [3.63, 3.8) is 0 Å². The van der Waals surface area contributed by atoms with E-state index in [0.717, 1.165) is 32.9 Å². The molecule has 1 aromatic heterocycles. The molecule has 0 aliphatic rings. The molecule has 0 aliphatic heterocycles. The fraction of sp³-hybridized carbons (Fsp3) is 0.118. The van der Waals surface area contributed by atoms with E-state index >= 15 is 0 Å². The van der Waals surface area contributed by atoms with Crippen LogP contribution < -0.4 is 4.74 Å². The molecule has 0 saturated carbocycles. The van der Waals surface area contributed by atoms with Crippen LogP contribution in [0.5, 0.6) is 11.5 Å². The molecule has 0 saturated heterocycles. The number of aromatic nitrogens is 1. The van der Waals surface area contributed by atoms with E-state index in [-0.39, 0.29) is 0 Å². The van der Waals surface area contributed by atoms with Crippen LogP contribution in [-0.2, 0) is 4.43 Å². The molecule has 1 heterocycles. The van der Waals surface area contributed by atoms with Gasteiger partial charge in [-0.15, -0.1) is 0 Å². The molecule has 0 unspecified atom stereocenters. The number of hydrogen-bond acceptors (Lipinski definition) is 3. The van der Waals surface area contributed by atoms with Gasteiger partial charge in [-0.05, 0) is 43.3 Å². The Morgan fingerprint density at radius 3 is 2.29 bits per heavy atom. The zero-order chi connectivity index (χ0) is 14.7. The van der Waals surface area contributed by atoms with Crippen LogP contribution in [0.15, 0.2) is 59.0 Å². The van der Waals surface area contributed by atoms with E-state index < -0.39 is 0 Å². The predicted octanol–water partition coefficient (Wildman–Crippen LogP) is 5.38. The minimum absolute atomic E-state index is 0.658. The topological polar surface area (TPSA) is 35.3 Å². The fourth-order valence-corrected chi connectivity index (χ4v) is 2.67. The lowest BCUT2D eigenvalue weighted by Gasteiger charge is -2.05. The molecule has 0 atom stereocenters. The Balaban J connectivity index is 1.80. The van der Waals surface area contributed by atoms with Crippen LogP contribution in [0.4, 0.5) is 0 Å². The van der Waals surface area contributed by atoms with Crippen LogP contribution in [-0.4, -0.2) is 4.98 Å². The monoisotopic (exact) mass is 391 g/mol. The average Bonchev–Trinajstić information content (AvgIpc) is 2.90. The second-order valence-corrected chi connectivity index (χ2v) is 5.36. The lowest BCUT2D eigenvalue weighted by molar-refractivity contribution is 0.482. The first kappa shape index (κ1) is 14.1. The van der Waals surface area contributed by atoms with E-state index in [1.807, 2.05) is 61.5 Å². The number of hydrogen-bond donors (Lipinski definition) is 0. The number of aryl methyl sites for hydroxylation is 1. The van der Waals surface area contributed by atoms with E-state index in [9.17, 15) is 0 Å². The van der Waals surface area contributed by atoms with Gasteiger partial charge in [0.05, 0.1) is 5.69 Å². The maximum Gasteiger partial charge on any atom is 0.226 e. The Morgan fingerprint density at radius 2 is 1.67 bits per heavy atom. The van der Waals surface area contributed by atoms with Gasteiger partial charge < -0.3 is 9.15 Å². The van der Waals surface area contributed by atoms with Crippen molar-refractivity contribution in [3.05, 3.63) is 66.1 Å². The third kappa shape index (κ3) is 3.26. The summed E-state index contributed by atoms with van der Waals surface area (Å²) < 4.78 is 12.3. The predicted molar refractivity (Wildman–Crippen MR) is 90.9 cm³/mol. The first-order valence-corrected chi connectivity index (χ1v) is 8.14. The highest BCUT2D eigenvalue weighted by Gasteiger charge is 2.10. The van der Waals surface area contributed by atoms with Crippen LogP contribution in [0, 0.1) is 6.92 Å². The summed E-state index contributed by atoms with van der Waals surface area (Å²) >= 11 is 2.29. The number of alkyl halides is 1. The molecule has 0 spiro atoms. The number of benzene rings is 2. The number of halogens is 1. The molecule has 2 aromatic carbocycles. The SMILES string of the molecule is Cc1oc(-c2ccc(Oc3ccccc3)cc2)nc1CI. The Labute approximate surface area is 137 Å². The van der Waals surface area contributed by atoms with E-state index in [2.05, 4.69) is 27.6 Å². The maximum atomic E-state index is 5.77. The minimum Gasteiger partial charge on any atom is -0.457 e. The van der Waals surface area contributed by atoms with Crippen LogP contribution >= 0.6 is 22.6 Å². The molecule has 0 bridgehead atoms. The summed E-state index contributed by atoms with van der Waals surface area (Å²) in [5, 5.41) is 0. The van der Waals surface area contributed by atoms with Gasteiger partial charge in [0.1, 0.15) is 17.3 Å². The molecule has 3 nitrogen and oxygen atoms in total. The molecule has 0 fully saturated rings. The normalized spacial score (nSPS) is 10.6. The molecule has 106 valence electrons. The van der Waals surface area contributed by atoms with Crippen molar-refractivity contribution < 1.29 is 9.15 Å². The molecule has 21 heavy (non-hydrogen) atoms. The summed E-state index contributed by atoms with van der Waals surface area (Å²) in [5.41, 5.74) is 1.95. The molecule has 0 radical (unpaired) electrons. The van der Waals surface area contributed by atoms with Crippen molar-refractivity contribution in [2.24, 2.45) is 0 Å². The Morgan fingerprint density at radius 1 is 1.00 bits per heavy atom. The van der Waals surface area contributed by atoms with Crippen LogP contribution in [0.1, 0.15) is 11.5 Å². The summed E-state index contributed by atoms with van der Waals surface area (Å²) in [6, 6.07) is 17.5. The van der Waals surface area contributed by atoms with Crippen LogP contribution in [0.3, 0.4) is 0 Å². The van der Waals surface area contributed by atoms with Gasteiger partial charge >= 0.3 is 0 Å². The minimum atomic E-state index is 0.658. The average molecular weight is 391 g/mol. The number of oxazole rings is 1. The van der Waals surface area contributed by atoms with Gasteiger partial charge in [0.2, 0.25) is 5.89 Å². The number of rotatable bonds is 4. The Kier molecular flexibility index (Phi) is 4.24. The van der Waals surface area contributed by atoms with Gasteiger partial charge in [0.25, 0.3) is 0 Å². The van der Waals surface area contributed by atoms with Crippen molar-refractivity contribution in [1.29, 1.82) is 0 Å². The Bertz CT molecular complexity index is 720. The summed E-state index contributed by atoms with van der Waals surface area (Å²) in [4.78, 5) is 4.50. The molecular weight excluding hydrogens is 377 g/mol. The second-order valence-electron chi connectivity index (χ2n) is 4.60. The van der Waals surface area contributed by atoms with Crippen molar-refractivity contribution in [1.82, 2.24) is 4.98 Å². The van der Waals surface area contributed by atoms with E-state index in [0.29, 0.717) is 5.89 Å². The highest BCUT2D eigenvalue weighted by molar-refractivity contribution is 14.1. The lowest BCUT2D eigenvalue weighted by Crippen LogP contribution is -1.84. The summed E-state index contributed by atoms with van der Waals surface area (Å²) in [5.74, 6) is 3.15. The highest BCUT2D eigenvalue weighted by atomic mass is 127. The highest BCUT2D eigenvalue weighted by Crippen LogP contribution is 2.27. The van der Waals surface area contributed by atoms with Crippen molar-refractivity contribution >= 4 is 22.6 Å². The number of para-hydroxylation sites is 1. The van der Waals surface area contributed by atoms with Gasteiger partial charge in [0, 0.05) is 9.99 Å². The van der Waals surface area contributed by atoms with Gasteiger partial charge in [-0.1, -0.05) is 40.8 Å². The second kappa shape index (κ2) is 6.30. The molecule has 0 amide bonds. The lowest BCUT2D eigenvalue weighted by atomic mass is 10.2. The van der Waals surface area contributed by atoms with Gasteiger partial charge in [-0.2, -0.15) is 0 Å². The standard InChI is InChI=1S/C17H14INO2/c1-12-16(11-18)19-17(20-12)13-7-9-15(10-8-13)21-14-5-3-2-4-6-14/h2-10H,11H2,1H3. The zero-order valence-corrected chi connectivity index (χ0v) is 13.7. The third-order valence-corrected chi connectivity index (χ3v) is 3.82. The molecule has 0 N–H and O–H groups in total. The zero-order valence-electron chi connectivity index (χ0n) is 11.5. The summed E-state index contributed by atoms with van der Waals surface area (Å²) in [6.45, 7) is 1.94. The maximum absolute atomic E-state index is 5.77. The quantitative estimate of drug-likeness (QED) is 0.443. The van der Waals surface area contributed by atoms with E-state index in [4.69, 9.17) is 9.15 Å². The molecule has 3 aromatic rings. The molecular formula is C17H14INO2. The van der Waals surface area contributed by atoms with E-state index in [1.165, 1.54) is 0 Å². The number of nitrogens with zero attached hydrogens (tertiary/aromatic N) is 1.